The number of ether oxygens (including phenoxy) is 1. The Kier molecular flexibility index (Phi) is 6.32. The smallest absolute Gasteiger partial charge is 0.410 e. The lowest BCUT2D eigenvalue weighted by molar-refractivity contribution is -0.107. The van der Waals surface area contributed by atoms with Crippen LogP contribution in [0.3, 0.4) is 0 Å². The molecule has 1 saturated heterocycles. The van der Waals surface area contributed by atoms with Gasteiger partial charge < -0.3 is 14.4 Å². The van der Waals surface area contributed by atoms with Gasteiger partial charge in [-0.2, -0.15) is 0 Å². The van der Waals surface area contributed by atoms with Crippen LogP contribution in [0.15, 0.2) is 0 Å². The quantitative estimate of drug-likeness (QED) is 0.567. The lowest BCUT2D eigenvalue weighted by Crippen LogP contribution is -2.42. The fourth-order valence-corrected chi connectivity index (χ4v) is 2.45. The van der Waals surface area contributed by atoms with Gasteiger partial charge in [0.1, 0.15) is 11.9 Å². The van der Waals surface area contributed by atoms with E-state index in [1.54, 1.807) is 0 Å². The summed E-state index contributed by atoms with van der Waals surface area (Å²) in [5.41, 5.74) is -0.423. The molecule has 19 heavy (non-hydrogen) atoms. The van der Waals surface area contributed by atoms with Crippen LogP contribution in [0.4, 0.5) is 4.79 Å². The SMILES string of the molecule is CC(C)(C)OC(=O)N1CCCC(CCCCC=O)C1. The predicted molar refractivity (Wildman–Crippen MR) is 75.1 cm³/mol. The van der Waals surface area contributed by atoms with Crippen molar-refractivity contribution in [3.05, 3.63) is 0 Å². The van der Waals surface area contributed by atoms with Crippen molar-refractivity contribution in [1.29, 1.82) is 0 Å². The van der Waals surface area contributed by atoms with E-state index in [9.17, 15) is 9.59 Å². The van der Waals surface area contributed by atoms with Crippen LogP contribution in [0.25, 0.3) is 0 Å². The maximum atomic E-state index is 12.0. The molecule has 0 bridgehead atoms. The largest absolute Gasteiger partial charge is 0.444 e. The van der Waals surface area contributed by atoms with Gasteiger partial charge in [0.2, 0.25) is 0 Å². The topological polar surface area (TPSA) is 46.6 Å². The van der Waals surface area contributed by atoms with Gasteiger partial charge in [-0.3, -0.25) is 0 Å². The fraction of sp³-hybridized carbons (Fsp3) is 0.867. The Morgan fingerprint density at radius 3 is 2.74 bits per heavy atom. The zero-order valence-electron chi connectivity index (χ0n) is 12.5. The molecule has 1 atom stereocenters. The first-order valence-corrected chi connectivity index (χ1v) is 7.34. The lowest BCUT2D eigenvalue weighted by atomic mass is 9.93. The molecule has 110 valence electrons. The van der Waals surface area contributed by atoms with E-state index in [1.807, 2.05) is 25.7 Å². The summed E-state index contributed by atoms with van der Waals surface area (Å²) in [5.74, 6) is 0.563. The van der Waals surface area contributed by atoms with Crippen molar-refractivity contribution in [1.82, 2.24) is 4.90 Å². The summed E-state index contributed by atoms with van der Waals surface area (Å²) in [6, 6.07) is 0. The monoisotopic (exact) mass is 269 g/mol. The van der Waals surface area contributed by atoms with Crippen molar-refractivity contribution in [3.63, 3.8) is 0 Å². The molecule has 1 heterocycles. The second-order valence-corrected chi connectivity index (χ2v) is 6.39. The summed E-state index contributed by atoms with van der Waals surface area (Å²) in [4.78, 5) is 24.1. The first-order valence-electron chi connectivity index (χ1n) is 7.34. The molecule has 0 spiro atoms. The standard InChI is InChI=1S/C15H27NO3/c1-15(2,3)19-14(18)16-10-7-9-13(12-16)8-5-4-6-11-17/h11,13H,4-10,12H2,1-3H3. The number of hydrogen-bond acceptors (Lipinski definition) is 3. The molecule has 0 radical (unpaired) electrons. The molecule has 0 N–H and O–H groups in total. The van der Waals surface area contributed by atoms with Gasteiger partial charge >= 0.3 is 6.09 Å². The third-order valence-corrected chi connectivity index (χ3v) is 3.36. The van der Waals surface area contributed by atoms with Gasteiger partial charge in [0.15, 0.2) is 0 Å². The van der Waals surface area contributed by atoms with Crippen LogP contribution in [0.5, 0.6) is 0 Å². The van der Waals surface area contributed by atoms with Crippen molar-refractivity contribution in [3.8, 4) is 0 Å². The minimum absolute atomic E-state index is 0.190. The number of carbonyl (C=O) groups excluding carboxylic acids is 2. The van der Waals surface area contributed by atoms with E-state index >= 15 is 0 Å². The van der Waals surface area contributed by atoms with Crippen LogP contribution in [-0.2, 0) is 9.53 Å². The van der Waals surface area contributed by atoms with Gasteiger partial charge in [0.05, 0.1) is 0 Å². The average molecular weight is 269 g/mol. The highest BCUT2D eigenvalue weighted by molar-refractivity contribution is 5.68. The Bertz CT molecular complexity index is 296. The third-order valence-electron chi connectivity index (χ3n) is 3.36. The zero-order chi connectivity index (χ0) is 14.3. The predicted octanol–water partition coefficient (Wildman–Crippen LogP) is 3.39. The van der Waals surface area contributed by atoms with Crippen LogP contribution < -0.4 is 0 Å². The van der Waals surface area contributed by atoms with Crippen LogP contribution in [-0.4, -0.2) is 36.0 Å². The van der Waals surface area contributed by atoms with E-state index in [0.29, 0.717) is 12.3 Å². The summed E-state index contributed by atoms with van der Waals surface area (Å²) in [6.07, 6.45) is 6.82. The molecule has 0 saturated carbocycles. The third kappa shape index (κ3) is 6.60. The van der Waals surface area contributed by atoms with Gasteiger partial charge in [-0.1, -0.05) is 6.42 Å². The molecule has 1 aliphatic heterocycles. The minimum Gasteiger partial charge on any atom is -0.444 e. The van der Waals surface area contributed by atoms with E-state index in [1.165, 1.54) is 6.42 Å². The molecule has 4 heteroatoms. The first-order chi connectivity index (χ1) is 8.92. The molecule has 0 aromatic heterocycles. The average Bonchev–Trinajstić information content (AvgIpc) is 2.33. The Morgan fingerprint density at radius 1 is 1.37 bits per heavy atom. The number of rotatable bonds is 5. The van der Waals surface area contributed by atoms with Gasteiger partial charge in [0.25, 0.3) is 0 Å². The summed E-state index contributed by atoms with van der Waals surface area (Å²) < 4.78 is 5.41. The number of amides is 1. The van der Waals surface area contributed by atoms with Crippen molar-refractivity contribution in [2.45, 2.75) is 64.9 Å². The van der Waals surface area contributed by atoms with Crippen molar-refractivity contribution < 1.29 is 14.3 Å². The Morgan fingerprint density at radius 2 is 2.11 bits per heavy atom. The molecule has 1 aliphatic rings. The first kappa shape index (κ1) is 16.0. The highest BCUT2D eigenvalue weighted by Gasteiger charge is 2.27. The number of hydrogen-bond donors (Lipinski definition) is 0. The number of carbonyl (C=O) groups is 2. The van der Waals surface area contributed by atoms with E-state index < -0.39 is 5.60 Å². The number of piperidine rings is 1. The normalized spacial score (nSPS) is 20.2. The van der Waals surface area contributed by atoms with Gasteiger partial charge in [-0.15, -0.1) is 0 Å². The maximum absolute atomic E-state index is 12.0. The summed E-state index contributed by atoms with van der Waals surface area (Å²) in [5, 5.41) is 0. The minimum atomic E-state index is -0.423. The molecule has 1 rings (SSSR count). The number of likely N-dealkylation sites (tertiary alicyclic amines) is 1. The van der Waals surface area contributed by atoms with E-state index in [4.69, 9.17) is 4.74 Å². The van der Waals surface area contributed by atoms with Gasteiger partial charge in [-0.05, 0) is 52.4 Å². The molecule has 0 aromatic carbocycles. The molecule has 1 amide bonds. The Balaban J connectivity index is 2.33. The molecular formula is C15H27NO3. The molecule has 0 aromatic rings. The lowest BCUT2D eigenvalue weighted by Gasteiger charge is -2.34. The van der Waals surface area contributed by atoms with Crippen LogP contribution in [0.2, 0.25) is 0 Å². The fourth-order valence-electron chi connectivity index (χ4n) is 2.45. The maximum Gasteiger partial charge on any atom is 0.410 e. The van der Waals surface area contributed by atoms with E-state index in [2.05, 4.69) is 0 Å². The van der Waals surface area contributed by atoms with Gasteiger partial charge in [0, 0.05) is 19.5 Å². The van der Waals surface area contributed by atoms with Crippen LogP contribution in [0, 0.1) is 5.92 Å². The molecular weight excluding hydrogens is 242 g/mol. The summed E-state index contributed by atoms with van der Waals surface area (Å²) in [6.45, 7) is 7.29. The van der Waals surface area contributed by atoms with E-state index in [-0.39, 0.29) is 6.09 Å². The van der Waals surface area contributed by atoms with E-state index in [0.717, 1.165) is 45.1 Å². The van der Waals surface area contributed by atoms with Crippen LogP contribution >= 0.6 is 0 Å². The Hall–Kier alpha value is -1.06. The highest BCUT2D eigenvalue weighted by atomic mass is 16.6. The Labute approximate surface area is 116 Å². The number of nitrogens with zero attached hydrogens (tertiary/aromatic N) is 1. The molecule has 0 aliphatic carbocycles. The zero-order valence-corrected chi connectivity index (χ0v) is 12.5. The number of unbranched alkanes of at least 4 members (excludes halogenated alkanes) is 2. The second-order valence-electron chi connectivity index (χ2n) is 6.39. The highest BCUT2D eigenvalue weighted by Crippen LogP contribution is 2.23. The van der Waals surface area contributed by atoms with Crippen molar-refractivity contribution in [2.75, 3.05) is 13.1 Å². The van der Waals surface area contributed by atoms with Crippen molar-refractivity contribution in [2.24, 2.45) is 5.92 Å². The van der Waals surface area contributed by atoms with Gasteiger partial charge in [-0.25, -0.2) is 4.79 Å². The molecule has 1 unspecified atom stereocenters. The summed E-state index contributed by atoms with van der Waals surface area (Å²) in [7, 11) is 0. The number of aldehydes is 1. The second kappa shape index (κ2) is 7.51. The molecule has 1 fully saturated rings. The summed E-state index contributed by atoms with van der Waals surface area (Å²) >= 11 is 0. The van der Waals surface area contributed by atoms with Crippen LogP contribution in [0.1, 0.15) is 59.3 Å². The van der Waals surface area contributed by atoms with Crippen molar-refractivity contribution >= 4 is 12.4 Å². The molecule has 4 nitrogen and oxygen atoms in total.